The number of H-pyrrole nitrogens is 1. The van der Waals surface area contributed by atoms with Crippen molar-refractivity contribution in [1.29, 1.82) is 0 Å². The van der Waals surface area contributed by atoms with Crippen LogP contribution in [-0.2, 0) is 16.0 Å². The number of para-hydroxylation sites is 1. The van der Waals surface area contributed by atoms with Gasteiger partial charge in [0.1, 0.15) is 0 Å². The fraction of sp³-hybridized carbons (Fsp3) is 0.375. The molecule has 0 aliphatic heterocycles. The molecular formula is C24H29Cl2N3O3. The normalized spacial score (nSPS) is 12.2. The van der Waals surface area contributed by atoms with Crippen LogP contribution in [0.3, 0.4) is 0 Å². The van der Waals surface area contributed by atoms with Gasteiger partial charge in [0, 0.05) is 36.5 Å². The zero-order valence-electron chi connectivity index (χ0n) is 17.9. The summed E-state index contributed by atoms with van der Waals surface area (Å²) in [5.74, 6) is -0.162. The highest BCUT2D eigenvalue weighted by atomic mass is 35.5. The Hall–Kier alpha value is -2.25. The maximum absolute atomic E-state index is 11.9. The number of rotatable bonds is 12. The number of unbranched alkanes of at least 4 members (excludes halogenated alkanes) is 2. The summed E-state index contributed by atoms with van der Waals surface area (Å²) in [6, 6.07) is 11.3. The van der Waals surface area contributed by atoms with Gasteiger partial charge >= 0.3 is 5.97 Å². The molecule has 3 rings (SSSR count). The van der Waals surface area contributed by atoms with Gasteiger partial charge in [-0.2, -0.15) is 0 Å². The average molecular weight is 478 g/mol. The molecular weight excluding hydrogens is 449 g/mol. The van der Waals surface area contributed by atoms with E-state index in [1.54, 1.807) is 12.1 Å². The van der Waals surface area contributed by atoms with Crippen LogP contribution in [0.4, 0.5) is 5.69 Å². The molecule has 3 aromatic rings. The lowest BCUT2D eigenvalue weighted by molar-refractivity contribution is -0.143. The summed E-state index contributed by atoms with van der Waals surface area (Å²) in [5.41, 5.74) is 8.90. The number of hydrogen-bond donors (Lipinski definition) is 4. The Balaban J connectivity index is 1.24. The Bertz CT molecular complexity index is 1020. The second kappa shape index (κ2) is 12.1. The molecule has 1 atom stereocenters. The number of anilines is 1. The van der Waals surface area contributed by atoms with Crippen molar-refractivity contribution in [3.63, 3.8) is 0 Å². The third-order valence-corrected chi connectivity index (χ3v) is 5.99. The topological polar surface area (TPSA) is 100 Å². The first kappa shape index (κ1) is 24.4. The first-order chi connectivity index (χ1) is 15.5. The minimum absolute atomic E-state index is 0.162. The van der Waals surface area contributed by atoms with E-state index in [1.165, 1.54) is 5.39 Å². The molecule has 0 aliphatic rings. The highest BCUT2D eigenvalue weighted by Gasteiger charge is 2.12. The molecule has 0 spiro atoms. The van der Waals surface area contributed by atoms with Gasteiger partial charge in [-0.05, 0) is 48.7 Å². The van der Waals surface area contributed by atoms with Crippen LogP contribution in [-0.4, -0.2) is 35.8 Å². The SMILES string of the molecule is Nc1c(Cl)cc(C(O)CNCCCCCC(=O)OCCc2c[nH]c3ccccc23)cc1Cl. The summed E-state index contributed by atoms with van der Waals surface area (Å²) in [6.07, 6.45) is 4.94. The van der Waals surface area contributed by atoms with Crippen molar-refractivity contribution in [1.82, 2.24) is 10.3 Å². The number of carbonyl (C=O) groups is 1. The highest BCUT2D eigenvalue weighted by molar-refractivity contribution is 6.38. The first-order valence-corrected chi connectivity index (χ1v) is 11.5. The lowest BCUT2D eigenvalue weighted by atomic mass is 10.1. The number of ether oxygens (including phenoxy) is 1. The number of carbonyl (C=O) groups excluding carboxylic acids is 1. The molecule has 6 nitrogen and oxygen atoms in total. The maximum Gasteiger partial charge on any atom is 0.305 e. The van der Waals surface area contributed by atoms with Crippen molar-refractivity contribution in [2.75, 3.05) is 25.4 Å². The number of nitrogens with two attached hydrogens (primary N) is 1. The van der Waals surface area contributed by atoms with E-state index in [4.69, 9.17) is 33.7 Å². The smallest absolute Gasteiger partial charge is 0.305 e. The number of aromatic nitrogens is 1. The zero-order valence-corrected chi connectivity index (χ0v) is 19.4. The van der Waals surface area contributed by atoms with Crippen LogP contribution in [0.5, 0.6) is 0 Å². The van der Waals surface area contributed by atoms with E-state index in [2.05, 4.69) is 16.4 Å². The molecule has 0 radical (unpaired) electrons. The predicted octanol–water partition coefficient (Wildman–Crippen LogP) is 5.03. The third-order valence-electron chi connectivity index (χ3n) is 5.37. The van der Waals surface area contributed by atoms with Crippen molar-refractivity contribution in [2.45, 2.75) is 38.2 Å². The predicted molar refractivity (Wildman–Crippen MR) is 130 cm³/mol. The standard InChI is InChI=1S/C24H29Cl2N3O3/c25-19-12-17(13-20(26)24(19)27)22(30)15-28-10-5-1-2-8-23(31)32-11-9-16-14-29-21-7-4-3-6-18(16)21/h3-4,6-7,12-14,22,28-30H,1-2,5,8-11,15,27H2. The van der Waals surface area contributed by atoms with Crippen molar-refractivity contribution in [3.8, 4) is 0 Å². The zero-order chi connectivity index (χ0) is 22.9. The van der Waals surface area contributed by atoms with Gasteiger partial charge in [-0.15, -0.1) is 0 Å². The fourth-order valence-corrected chi connectivity index (χ4v) is 4.04. The molecule has 0 fully saturated rings. The Labute approximate surface area is 198 Å². The van der Waals surface area contributed by atoms with Crippen molar-refractivity contribution in [2.24, 2.45) is 0 Å². The van der Waals surface area contributed by atoms with Gasteiger partial charge in [0.2, 0.25) is 0 Å². The summed E-state index contributed by atoms with van der Waals surface area (Å²) in [4.78, 5) is 15.2. The molecule has 1 unspecified atom stereocenters. The molecule has 172 valence electrons. The number of nitrogens with one attached hydrogen (secondary N) is 2. The molecule has 0 saturated heterocycles. The van der Waals surface area contributed by atoms with Crippen molar-refractivity contribution in [3.05, 3.63) is 63.8 Å². The van der Waals surface area contributed by atoms with Gasteiger partial charge in [0.15, 0.2) is 0 Å². The molecule has 0 saturated carbocycles. The van der Waals surface area contributed by atoms with Crippen LogP contribution >= 0.6 is 23.2 Å². The van der Waals surface area contributed by atoms with Crippen LogP contribution in [0.1, 0.15) is 42.9 Å². The minimum Gasteiger partial charge on any atom is -0.465 e. The van der Waals surface area contributed by atoms with Crippen LogP contribution in [0.2, 0.25) is 10.0 Å². The highest BCUT2D eigenvalue weighted by Crippen LogP contribution is 2.31. The molecule has 2 aromatic carbocycles. The summed E-state index contributed by atoms with van der Waals surface area (Å²) in [5, 5.41) is 15.3. The first-order valence-electron chi connectivity index (χ1n) is 10.8. The molecule has 1 aromatic heterocycles. The molecule has 32 heavy (non-hydrogen) atoms. The van der Waals surface area contributed by atoms with E-state index < -0.39 is 6.10 Å². The number of benzene rings is 2. The van der Waals surface area contributed by atoms with Gasteiger partial charge in [-0.3, -0.25) is 4.79 Å². The van der Waals surface area contributed by atoms with Gasteiger partial charge in [-0.25, -0.2) is 0 Å². The van der Waals surface area contributed by atoms with E-state index in [-0.39, 0.29) is 5.97 Å². The molecule has 0 amide bonds. The lowest BCUT2D eigenvalue weighted by Gasteiger charge is -2.14. The third kappa shape index (κ3) is 6.87. The Morgan fingerprint density at radius 2 is 1.91 bits per heavy atom. The molecule has 0 bridgehead atoms. The van der Waals surface area contributed by atoms with E-state index in [9.17, 15) is 9.90 Å². The van der Waals surface area contributed by atoms with E-state index in [0.717, 1.165) is 36.9 Å². The van der Waals surface area contributed by atoms with Gasteiger partial charge < -0.3 is 25.9 Å². The largest absolute Gasteiger partial charge is 0.465 e. The number of aliphatic hydroxyl groups is 1. The summed E-state index contributed by atoms with van der Waals surface area (Å²) in [7, 11) is 0. The molecule has 5 N–H and O–H groups in total. The summed E-state index contributed by atoms with van der Waals surface area (Å²) >= 11 is 12.0. The molecule has 1 heterocycles. The molecule has 8 heteroatoms. The number of esters is 1. The van der Waals surface area contributed by atoms with Gasteiger partial charge in [0.25, 0.3) is 0 Å². The molecule has 0 aliphatic carbocycles. The Morgan fingerprint density at radius 3 is 2.69 bits per heavy atom. The fourth-order valence-electron chi connectivity index (χ4n) is 3.53. The monoisotopic (exact) mass is 477 g/mol. The van der Waals surface area contributed by atoms with Crippen LogP contribution < -0.4 is 11.1 Å². The second-order valence-corrected chi connectivity index (χ2v) is 8.57. The average Bonchev–Trinajstić information content (AvgIpc) is 3.19. The number of hydrogen-bond acceptors (Lipinski definition) is 5. The van der Waals surface area contributed by atoms with Gasteiger partial charge in [-0.1, -0.05) is 47.8 Å². The van der Waals surface area contributed by atoms with Gasteiger partial charge in [0.05, 0.1) is 28.4 Å². The number of nitrogen functional groups attached to an aromatic ring is 1. The second-order valence-electron chi connectivity index (χ2n) is 7.76. The van der Waals surface area contributed by atoms with Crippen LogP contribution in [0.25, 0.3) is 10.9 Å². The lowest BCUT2D eigenvalue weighted by Crippen LogP contribution is -2.22. The quantitative estimate of drug-likeness (QED) is 0.166. The summed E-state index contributed by atoms with van der Waals surface area (Å²) < 4.78 is 5.37. The maximum atomic E-state index is 11.9. The van der Waals surface area contributed by atoms with E-state index >= 15 is 0 Å². The van der Waals surface area contributed by atoms with E-state index in [1.807, 2.05) is 24.4 Å². The number of fused-ring (bicyclic) bond motifs is 1. The van der Waals surface area contributed by atoms with Crippen LogP contribution in [0.15, 0.2) is 42.6 Å². The summed E-state index contributed by atoms with van der Waals surface area (Å²) in [6.45, 7) is 1.51. The Morgan fingerprint density at radius 1 is 1.16 bits per heavy atom. The van der Waals surface area contributed by atoms with Crippen LogP contribution in [0, 0.1) is 0 Å². The number of halogens is 2. The number of aliphatic hydroxyl groups excluding tert-OH is 1. The van der Waals surface area contributed by atoms with E-state index in [0.29, 0.717) is 47.3 Å². The van der Waals surface area contributed by atoms with Crippen molar-refractivity contribution < 1.29 is 14.6 Å². The number of aromatic amines is 1. The Kier molecular flexibility index (Phi) is 9.23. The van der Waals surface area contributed by atoms with Crippen molar-refractivity contribution >= 4 is 45.8 Å². The minimum atomic E-state index is -0.724.